The smallest absolute Gasteiger partial charge is 0.255 e. The standard InChI is InChI=1S/C14H19ClN2O2/c1-2-17(10-4-3-7-16-9-10)14(19)12-8-11(18)5-6-13(12)15/h5-6,8,10,16,18H,2-4,7,9H2,1H3. The molecule has 1 atom stereocenters. The van der Waals surface area contributed by atoms with Gasteiger partial charge in [-0.1, -0.05) is 11.6 Å². The second kappa shape index (κ2) is 6.26. The highest BCUT2D eigenvalue weighted by Crippen LogP contribution is 2.24. The van der Waals surface area contributed by atoms with Crippen LogP contribution in [0.1, 0.15) is 30.1 Å². The molecule has 1 aromatic rings. The normalized spacial score (nSPS) is 19.2. The summed E-state index contributed by atoms with van der Waals surface area (Å²) in [6.07, 6.45) is 2.07. The molecule has 1 amide bonds. The van der Waals surface area contributed by atoms with Crippen LogP contribution >= 0.6 is 11.6 Å². The molecule has 0 radical (unpaired) electrons. The van der Waals surface area contributed by atoms with Crippen molar-refractivity contribution in [2.24, 2.45) is 0 Å². The predicted molar refractivity (Wildman–Crippen MR) is 75.7 cm³/mol. The number of phenols is 1. The van der Waals surface area contributed by atoms with Gasteiger partial charge in [0.25, 0.3) is 5.91 Å². The van der Waals surface area contributed by atoms with E-state index in [1.54, 1.807) is 6.07 Å². The van der Waals surface area contributed by atoms with E-state index in [0.29, 0.717) is 17.1 Å². The third-order valence-electron chi connectivity index (χ3n) is 3.49. The number of phenolic OH excluding ortho intramolecular Hbond substituents is 1. The Bertz CT molecular complexity index is 459. The number of hydrogen-bond donors (Lipinski definition) is 2. The highest BCUT2D eigenvalue weighted by Gasteiger charge is 2.26. The molecule has 1 aromatic carbocycles. The Hall–Kier alpha value is -1.26. The van der Waals surface area contributed by atoms with E-state index in [1.807, 2.05) is 11.8 Å². The van der Waals surface area contributed by atoms with Crippen molar-refractivity contribution in [3.8, 4) is 5.75 Å². The minimum absolute atomic E-state index is 0.0607. The molecule has 0 aliphatic carbocycles. The lowest BCUT2D eigenvalue weighted by atomic mass is 10.0. The zero-order chi connectivity index (χ0) is 13.8. The van der Waals surface area contributed by atoms with E-state index in [2.05, 4.69) is 5.32 Å². The number of halogens is 1. The van der Waals surface area contributed by atoms with Gasteiger partial charge in [-0.2, -0.15) is 0 Å². The van der Waals surface area contributed by atoms with Crippen molar-refractivity contribution in [3.63, 3.8) is 0 Å². The Morgan fingerprint density at radius 3 is 3.00 bits per heavy atom. The zero-order valence-electron chi connectivity index (χ0n) is 11.0. The van der Waals surface area contributed by atoms with Gasteiger partial charge in [-0.25, -0.2) is 0 Å². The van der Waals surface area contributed by atoms with Gasteiger partial charge in [0, 0.05) is 19.1 Å². The van der Waals surface area contributed by atoms with Gasteiger partial charge in [0.05, 0.1) is 10.6 Å². The van der Waals surface area contributed by atoms with Gasteiger partial charge >= 0.3 is 0 Å². The van der Waals surface area contributed by atoms with Gasteiger partial charge in [-0.05, 0) is 44.5 Å². The summed E-state index contributed by atoms with van der Waals surface area (Å²) < 4.78 is 0. The molecule has 1 aliphatic heterocycles. The fraction of sp³-hybridized carbons (Fsp3) is 0.500. The van der Waals surface area contributed by atoms with Crippen LogP contribution in [0.5, 0.6) is 5.75 Å². The van der Waals surface area contributed by atoms with E-state index in [1.165, 1.54) is 12.1 Å². The molecule has 2 rings (SSSR count). The third-order valence-corrected chi connectivity index (χ3v) is 3.82. The van der Waals surface area contributed by atoms with Crippen molar-refractivity contribution in [1.29, 1.82) is 0 Å². The van der Waals surface area contributed by atoms with Crippen molar-refractivity contribution in [3.05, 3.63) is 28.8 Å². The van der Waals surface area contributed by atoms with Crippen LogP contribution in [0, 0.1) is 0 Å². The van der Waals surface area contributed by atoms with Crippen molar-refractivity contribution < 1.29 is 9.90 Å². The number of carbonyl (C=O) groups is 1. The van der Waals surface area contributed by atoms with Crippen molar-refractivity contribution >= 4 is 17.5 Å². The first-order valence-electron chi connectivity index (χ1n) is 6.63. The largest absolute Gasteiger partial charge is 0.508 e. The molecule has 1 fully saturated rings. The maximum atomic E-state index is 12.6. The van der Waals surface area contributed by atoms with Crippen LogP contribution in [0.4, 0.5) is 0 Å². The van der Waals surface area contributed by atoms with Gasteiger partial charge in [0.2, 0.25) is 0 Å². The molecule has 19 heavy (non-hydrogen) atoms. The molecule has 4 nitrogen and oxygen atoms in total. The van der Waals surface area contributed by atoms with E-state index < -0.39 is 0 Å². The lowest BCUT2D eigenvalue weighted by Gasteiger charge is -2.34. The van der Waals surface area contributed by atoms with Crippen LogP contribution in [-0.4, -0.2) is 41.6 Å². The van der Waals surface area contributed by atoms with Crippen LogP contribution in [0.2, 0.25) is 5.02 Å². The minimum atomic E-state index is -0.114. The molecule has 2 N–H and O–H groups in total. The van der Waals surface area contributed by atoms with E-state index in [0.717, 1.165) is 25.9 Å². The molecule has 1 aliphatic rings. The van der Waals surface area contributed by atoms with Crippen LogP contribution in [0.15, 0.2) is 18.2 Å². The number of benzene rings is 1. The summed E-state index contributed by atoms with van der Waals surface area (Å²) in [6, 6.07) is 4.67. The summed E-state index contributed by atoms with van der Waals surface area (Å²) in [5.74, 6) is -0.0531. The van der Waals surface area contributed by atoms with E-state index >= 15 is 0 Å². The molecular formula is C14H19ClN2O2. The summed E-state index contributed by atoms with van der Waals surface area (Å²) >= 11 is 6.06. The number of likely N-dealkylation sites (N-methyl/N-ethyl adjacent to an activating group) is 1. The van der Waals surface area contributed by atoms with Gasteiger partial charge < -0.3 is 15.3 Å². The summed E-state index contributed by atoms with van der Waals surface area (Å²) in [5.41, 5.74) is 0.370. The Morgan fingerprint density at radius 2 is 2.37 bits per heavy atom. The summed E-state index contributed by atoms with van der Waals surface area (Å²) in [7, 11) is 0. The highest BCUT2D eigenvalue weighted by molar-refractivity contribution is 6.33. The average Bonchev–Trinajstić information content (AvgIpc) is 2.43. The lowest BCUT2D eigenvalue weighted by Crippen LogP contribution is -2.48. The molecule has 0 saturated carbocycles. The minimum Gasteiger partial charge on any atom is -0.508 e. The Morgan fingerprint density at radius 1 is 1.58 bits per heavy atom. The SMILES string of the molecule is CCN(C(=O)c1cc(O)ccc1Cl)C1CCCNC1. The van der Waals surface area contributed by atoms with Crippen molar-refractivity contribution in [2.75, 3.05) is 19.6 Å². The summed E-state index contributed by atoms with van der Waals surface area (Å²) in [6.45, 7) is 4.42. The number of rotatable bonds is 3. The number of hydrogen-bond acceptors (Lipinski definition) is 3. The monoisotopic (exact) mass is 282 g/mol. The summed E-state index contributed by atoms with van der Waals surface area (Å²) in [4.78, 5) is 14.4. The molecule has 0 aromatic heterocycles. The number of carbonyl (C=O) groups excluding carboxylic acids is 1. The molecular weight excluding hydrogens is 264 g/mol. The third kappa shape index (κ3) is 3.19. The Balaban J connectivity index is 2.22. The van der Waals surface area contributed by atoms with Gasteiger partial charge in [-0.15, -0.1) is 0 Å². The maximum absolute atomic E-state index is 12.6. The molecule has 5 heteroatoms. The molecule has 1 unspecified atom stereocenters. The average molecular weight is 283 g/mol. The quantitative estimate of drug-likeness (QED) is 0.894. The summed E-state index contributed by atoms with van der Waals surface area (Å²) in [5, 5.41) is 13.2. The number of aromatic hydroxyl groups is 1. The van der Waals surface area contributed by atoms with Gasteiger partial charge in [0.1, 0.15) is 5.75 Å². The first kappa shape index (κ1) is 14.2. The highest BCUT2D eigenvalue weighted by atomic mass is 35.5. The van der Waals surface area contributed by atoms with Crippen LogP contribution < -0.4 is 5.32 Å². The first-order chi connectivity index (χ1) is 9.13. The first-order valence-corrected chi connectivity index (χ1v) is 7.01. The topological polar surface area (TPSA) is 52.6 Å². The second-order valence-corrected chi connectivity index (χ2v) is 5.16. The number of amides is 1. The Kier molecular flexibility index (Phi) is 4.66. The second-order valence-electron chi connectivity index (χ2n) is 4.76. The van der Waals surface area contributed by atoms with Crippen LogP contribution in [0.25, 0.3) is 0 Å². The maximum Gasteiger partial charge on any atom is 0.255 e. The fourth-order valence-electron chi connectivity index (χ4n) is 2.50. The van der Waals surface area contributed by atoms with Crippen LogP contribution in [-0.2, 0) is 0 Å². The Labute approximate surface area is 118 Å². The van der Waals surface area contributed by atoms with E-state index in [9.17, 15) is 9.90 Å². The number of piperidine rings is 1. The zero-order valence-corrected chi connectivity index (χ0v) is 11.8. The molecule has 1 heterocycles. The predicted octanol–water partition coefficient (Wildman–Crippen LogP) is 2.26. The fourth-order valence-corrected chi connectivity index (χ4v) is 2.70. The lowest BCUT2D eigenvalue weighted by molar-refractivity contribution is 0.0662. The van der Waals surface area contributed by atoms with Crippen LogP contribution in [0.3, 0.4) is 0 Å². The molecule has 104 valence electrons. The molecule has 1 saturated heterocycles. The van der Waals surface area contributed by atoms with Gasteiger partial charge in [-0.3, -0.25) is 4.79 Å². The number of nitrogens with one attached hydrogen (secondary N) is 1. The van der Waals surface area contributed by atoms with E-state index in [4.69, 9.17) is 11.6 Å². The molecule has 0 spiro atoms. The van der Waals surface area contributed by atoms with Crippen molar-refractivity contribution in [1.82, 2.24) is 10.2 Å². The molecule has 0 bridgehead atoms. The van der Waals surface area contributed by atoms with E-state index in [-0.39, 0.29) is 17.7 Å². The van der Waals surface area contributed by atoms with Crippen molar-refractivity contribution in [2.45, 2.75) is 25.8 Å². The number of nitrogens with zero attached hydrogens (tertiary/aromatic N) is 1. The van der Waals surface area contributed by atoms with Gasteiger partial charge in [0.15, 0.2) is 0 Å².